The molecule has 2 aliphatic heterocycles. The van der Waals surface area contributed by atoms with Crippen LogP contribution in [0.5, 0.6) is 5.75 Å². The second kappa shape index (κ2) is 12.1. The molecule has 1 fully saturated rings. The molecule has 0 aliphatic carbocycles. The van der Waals surface area contributed by atoms with E-state index >= 15 is 0 Å². The Balaban J connectivity index is 1.24. The van der Waals surface area contributed by atoms with Crippen LogP contribution in [-0.2, 0) is 14.2 Å². The predicted octanol–water partition coefficient (Wildman–Crippen LogP) is 4.53. The quantitative estimate of drug-likeness (QED) is 0.383. The first-order chi connectivity index (χ1) is 19.1. The zero-order valence-corrected chi connectivity index (χ0v) is 22.1. The van der Waals surface area contributed by atoms with Gasteiger partial charge in [0.1, 0.15) is 29.5 Å². The molecule has 1 atom stereocenters. The fraction of sp³-hybridized carbons (Fsp3) is 0.429. The molecular weight excluding hydrogens is 502 g/mol. The fourth-order valence-electron chi connectivity index (χ4n) is 4.62. The number of H-pyrrole nitrogens is 1. The highest BCUT2D eigenvalue weighted by Crippen LogP contribution is 2.36. The maximum Gasteiger partial charge on any atom is 0.409 e. The summed E-state index contributed by atoms with van der Waals surface area (Å²) in [5.74, 6) is 0.957. The number of hydrogen-bond donors (Lipinski definition) is 2. The summed E-state index contributed by atoms with van der Waals surface area (Å²) < 4.78 is 22.8. The van der Waals surface area contributed by atoms with E-state index in [1.165, 1.54) is 12.6 Å². The minimum Gasteiger partial charge on any atom is -0.494 e. The van der Waals surface area contributed by atoms with Crippen LogP contribution in [0, 0.1) is 0 Å². The lowest BCUT2D eigenvalue weighted by Crippen LogP contribution is -2.46. The van der Waals surface area contributed by atoms with E-state index in [4.69, 9.17) is 18.9 Å². The Kier molecular flexibility index (Phi) is 8.14. The van der Waals surface area contributed by atoms with Crippen LogP contribution in [0.25, 0.3) is 16.8 Å². The molecule has 3 aromatic rings. The molecule has 1 unspecified atom stereocenters. The molecule has 0 radical (unpaired) electrons. The molecule has 2 N–H and O–H groups in total. The van der Waals surface area contributed by atoms with E-state index in [2.05, 4.69) is 27.2 Å². The van der Waals surface area contributed by atoms with Crippen molar-refractivity contribution in [2.75, 3.05) is 26.3 Å². The van der Waals surface area contributed by atoms with Gasteiger partial charge in [0.25, 0.3) is 12.2 Å². The number of aromatic amines is 1. The van der Waals surface area contributed by atoms with Gasteiger partial charge in [-0.05, 0) is 38.3 Å². The van der Waals surface area contributed by atoms with Crippen LogP contribution in [0.1, 0.15) is 67.4 Å². The van der Waals surface area contributed by atoms with Crippen LogP contribution in [0.2, 0.25) is 0 Å². The summed E-state index contributed by atoms with van der Waals surface area (Å²) in [7, 11) is 0. The van der Waals surface area contributed by atoms with Gasteiger partial charge in [-0.25, -0.2) is 14.8 Å². The Labute approximate surface area is 226 Å². The van der Waals surface area contributed by atoms with Gasteiger partial charge in [-0.3, -0.25) is 4.79 Å². The molecule has 11 nitrogen and oxygen atoms in total. The Morgan fingerprint density at radius 3 is 2.85 bits per heavy atom. The second-order valence-corrected chi connectivity index (χ2v) is 9.42. The number of nitrogens with one attached hydrogen (secondary N) is 2. The first-order valence-electron chi connectivity index (χ1n) is 13.4. The van der Waals surface area contributed by atoms with Crippen LogP contribution in [0.4, 0.5) is 4.79 Å². The van der Waals surface area contributed by atoms with Crippen LogP contribution >= 0.6 is 0 Å². The first kappa shape index (κ1) is 26.3. The molecule has 0 spiro atoms. The third kappa shape index (κ3) is 5.92. The van der Waals surface area contributed by atoms with Gasteiger partial charge < -0.3 is 34.1 Å². The molecule has 11 heteroatoms. The third-order valence-electron chi connectivity index (χ3n) is 6.73. The van der Waals surface area contributed by atoms with Gasteiger partial charge in [-0.2, -0.15) is 0 Å². The summed E-state index contributed by atoms with van der Waals surface area (Å²) in [4.78, 5) is 38.6. The lowest BCUT2D eigenvalue weighted by Gasteiger charge is -2.31. The zero-order valence-electron chi connectivity index (χ0n) is 22.1. The summed E-state index contributed by atoms with van der Waals surface area (Å²) in [6.07, 6.45) is 6.94. The number of fused-ring (bicyclic) bond motifs is 1. The van der Waals surface area contributed by atoms with Gasteiger partial charge >= 0.3 is 6.09 Å². The van der Waals surface area contributed by atoms with E-state index in [1.54, 1.807) is 18.0 Å². The predicted molar refractivity (Wildman–Crippen MR) is 143 cm³/mol. The molecule has 0 saturated carbocycles. The van der Waals surface area contributed by atoms with E-state index in [-0.39, 0.29) is 18.0 Å². The van der Waals surface area contributed by atoms with Crippen LogP contribution < -0.4 is 10.1 Å². The van der Waals surface area contributed by atoms with E-state index in [9.17, 15) is 9.59 Å². The number of amides is 2. The van der Waals surface area contributed by atoms with Crippen molar-refractivity contribution in [3.05, 3.63) is 59.9 Å². The summed E-state index contributed by atoms with van der Waals surface area (Å²) in [5, 5.41) is 3.07. The van der Waals surface area contributed by atoms with Crippen LogP contribution in [0.3, 0.4) is 0 Å². The van der Waals surface area contributed by atoms with Crippen molar-refractivity contribution >= 4 is 28.8 Å². The lowest BCUT2D eigenvalue weighted by atomic mass is 10.0. The van der Waals surface area contributed by atoms with Crippen molar-refractivity contribution in [3.63, 3.8) is 0 Å². The van der Waals surface area contributed by atoms with Crippen molar-refractivity contribution < 1.29 is 28.5 Å². The number of aromatic nitrogens is 3. The standard InChI is InChI=1S/C28H33N5O6/c1-3-5-13-37-20-8-6-7-18(14-20)27-38-16-22(39-27)24-25-23(30-17-31-24)21(15-29-25)26(34)32-19-9-11-33(12-10-19)28(35)36-4-2/h6-8,14-17,19,27,29H,3-5,9-13H2,1-2H3,(H,32,34). The Morgan fingerprint density at radius 2 is 2.05 bits per heavy atom. The number of piperidine rings is 1. The van der Waals surface area contributed by atoms with Crippen molar-refractivity contribution in [2.24, 2.45) is 0 Å². The summed E-state index contributed by atoms with van der Waals surface area (Å²) in [6, 6.07) is 7.58. The molecule has 2 aromatic heterocycles. The van der Waals surface area contributed by atoms with Gasteiger partial charge in [0.15, 0.2) is 5.76 Å². The first-order valence-corrected chi connectivity index (χ1v) is 13.4. The summed E-state index contributed by atoms with van der Waals surface area (Å²) >= 11 is 0. The Bertz CT molecular complexity index is 1350. The maximum atomic E-state index is 13.1. The largest absolute Gasteiger partial charge is 0.494 e. The van der Waals surface area contributed by atoms with E-state index < -0.39 is 6.29 Å². The summed E-state index contributed by atoms with van der Waals surface area (Å²) in [5.41, 5.74) is 2.79. The highest BCUT2D eigenvalue weighted by Gasteiger charge is 2.28. The highest BCUT2D eigenvalue weighted by atomic mass is 16.7. The average Bonchev–Trinajstić information content (AvgIpc) is 3.62. The summed E-state index contributed by atoms with van der Waals surface area (Å²) in [6.45, 7) is 5.97. The number of likely N-dealkylation sites (tertiary alicyclic amines) is 1. The van der Waals surface area contributed by atoms with Gasteiger partial charge in [0, 0.05) is 30.9 Å². The number of unbranched alkanes of at least 4 members (excludes halogenated alkanes) is 1. The van der Waals surface area contributed by atoms with Gasteiger partial charge in [0.05, 0.1) is 24.3 Å². The molecule has 2 amide bonds. The average molecular weight is 536 g/mol. The van der Waals surface area contributed by atoms with Gasteiger partial charge in [-0.1, -0.05) is 25.5 Å². The molecule has 1 saturated heterocycles. The maximum absolute atomic E-state index is 13.1. The number of carbonyl (C=O) groups excluding carboxylic acids is 2. The van der Waals surface area contributed by atoms with Gasteiger partial charge in [0.2, 0.25) is 0 Å². The van der Waals surface area contributed by atoms with E-state index in [0.29, 0.717) is 67.2 Å². The monoisotopic (exact) mass is 535 g/mol. The molecule has 39 heavy (non-hydrogen) atoms. The number of benzene rings is 1. The van der Waals surface area contributed by atoms with Crippen LogP contribution in [-0.4, -0.2) is 64.2 Å². The number of ether oxygens (including phenoxy) is 4. The van der Waals surface area contributed by atoms with Crippen molar-refractivity contribution in [3.8, 4) is 5.75 Å². The van der Waals surface area contributed by atoms with Crippen molar-refractivity contribution in [1.82, 2.24) is 25.2 Å². The minimum atomic E-state index is -0.641. The molecule has 206 valence electrons. The molecule has 1 aromatic carbocycles. The molecule has 5 rings (SSSR count). The van der Waals surface area contributed by atoms with E-state index in [1.807, 2.05) is 24.3 Å². The number of carbonyl (C=O) groups is 2. The molecule has 2 aliphatic rings. The highest BCUT2D eigenvalue weighted by molar-refractivity contribution is 6.06. The van der Waals surface area contributed by atoms with Crippen molar-refractivity contribution in [1.29, 1.82) is 0 Å². The third-order valence-corrected chi connectivity index (χ3v) is 6.73. The zero-order chi connectivity index (χ0) is 27.2. The topological polar surface area (TPSA) is 128 Å². The molecule has 4 heterocycles. The number of hydrogen-bond acceptors (Lipinski definition) is 8. The van der Waals surface area contributed by atoms with Crippen LogP contribution in [0.15, 0.2) is 43.1 Å². The normalized spacial score (nSPS) is 17.3. The Morgan fingerprint density at radius 1 is 1.21 bits per heavy atom. The molecule has 0 bridgehead atoms. The lowest BCUT2D eigenvalue weighted by molar-refractivity contribution is -0.0173. The second-order valence-electron chi connectivity index (χ2n) is 9.42. The minimum absolute atomic E-state index is 0.0498. The van der Waals surface area contributed by atoms with Crippen molar-refractivity contribution in [2.45, 2.75) is 51.9 Å². The number of nitrogens with zero attached hydrogens (tertiary/aromatic N) is 3. The molecular formula is C28H33N5O6. The van der Waals surface area contributed by atoms with E-state index in [0.717, 1.165) is 24.2 Å². The SMILES string of the molecule is CCCCOc1cccc(C2OC=C(c3ncnc4c(C(=O)NC5CCN(C(=O)OCC)CC5)c[nH]c34)O2)c1. The smallest absolute Gasteiger partial charge is 0.409 e. The fourth-order valence-corrected chi connectivity index (χ4v) is 4.62. The Hall–Kier alpha value is -4.28. The van der Waals surface area contributed by atoms with Gasteiger partial charge in [-0.15, -0.1) is 0 Å². The number of rotatable bonds is 9.